The maximum Gasteiger partial charge on any atom is 0.181 e. The van der Waals surface area contributed by atoms with Crippen molar-refractivity contribution in [1.29, 1.82) is 0 Å². The van der Waals surface area contributed by atoms with Crippen LogP contribution < -0.4 is 5.32 Å². The first kappa shape index (κ1) is 25.2. The molecule has 0 aliphatic heterocycles. The topological polar surface area (TPSA) is 67.4 Å². The van der Waals surface area contributed by atoms with E-state index >= 15 is 0 Å². The molecule has 0 aromatic carbocycles. The molecule has 7 nitrogen and oxygen atoms in total. The maximum atomic E-state index is 6.03. The van der Waals surface area contributed by atoms with Crippen molar-refractivity contribution in [2.24, 2.45) is 0 Å². The Bertz CT molecular complexity index is 360. The summed E-state index contributed by atoms with van der Waals surface area (Å²) in [6, 6.07) is 0. The molecular weight excluding hydrogens is 358 g/mol. The van der Waals surface area contributed by atoms with E-state index in [1.807, 2.05) is 13.8 Å². The van der Waals surface area contributed by atoms with Gasteiger partial charge in [0.15, 0.2) is 22.3 Å². The quantitative estimate of drug-likeness (QED) is 0.313. The molecule has 0 saturated heterocycles. The molecule has 0 saturated carbocycles. The third-order valence-corrected chi connectivity index (χ3v) is 8.27. The van der Waals surface area contributed by atoms with Gasteiger partial charge in [-0.05, 0) is 26.7 Å². The summed E-state index contributed by atoms with van der Waals surface area (Å²) in [7, 11) is 7.66. The van der Waals surface area contributed by atoms with E-state index in [0.29, 0.717) is 33.7 Å². The van der Waals surface area contributed by atoms with Crippen LogP contribution in [0.5, 0.6) is 0 Å². The molecule has 0 fully saturated rings. The molecular formula is C16H39NO6Si2. The summed E-state index contributed by atoms with van der Waals surface area (Å²) in [4.78, 5) is 0. The van der Waals surface area contributed by atoms with Crippen LogP contribution in [0.3, 0.4) is 0 Å². The van der Waals surface area contributed by atoms with Gasteiger partial charge < -0.3 is 28.4 Å². The smallest absolute Gasteiger partial charge is 0.181 e. The van der Waals surface area contributed by atoms with Crippen molar-refractivity contribution in [2.75, 3.05) is 41.7 Å². The highest BCUT2D eigenvalue weighted by atomic mass is 28.2. The van der Waals surface area contributed by atoms with Crippen LogP contribution in [0.25, 0.3) is 0 Å². The van der Waals surface area contributed by atoms with E-state index in [1.165, 1.54) is 0 Å². The predicted molar refractivity (Wildman–Crippen MR) is 106 cm³/mol. The second-order valence-electron chi connectivity index (χ2n) is 6.60. The highest BCUT2D eigenvalue weighted by Crippen LogP contribution is 2.33. The first-order chi connectivity index (χ1) is 11.6. The second kappa shape index (κ2) is 10.5. The van der Waals surface area contributed by atoms with Crippen LogP contribution in [0, 0.1) is 0 Å². The molecule has 0 spiro atoms. The molecule has 0 rings (SSSR count). The summed E-state index contributed by atoms with van der Waals surface area (Å²) in [5.41, 5.74) is -3.73. The van der Waals surface area contributed by atoms with E-state index in [0.717, 1.165) is 12.8 Å². The molecule has 0 aromatic heterocycles. The van der Waals surface area contributed by atoms with E-state index in [9.17, 15) is 0 Å². The molecule has 4 unspecified atom stereocenters. The second-order valence-corrected chi connectivity index (χ2v) is 9.23. The molecule has 9 heteroatoms. The van der Waals surface area contributed by atoms with Gasteiger partial charge in [-0.3, -0.25) is 5.32 Å². The van der Waals surface area contributed by atoms with Gasteiger partial charge in [0.2, 0.25) is 0 Å². The average molecular weight is 398 g/mol. The van der Waals surface area contributed by atoms with E-state index < -0.39 is 22.3 Å². The monoisotopic (exact) mass is 397 g/mol. The Morgan fingerprint density at radius 3 is 1.20 bits per heavy atom. The minimum absolute atomic E-state index is 0.574. The maximum absolute atomic E-state index is 6.03. The number of hydrogen-bond acceptors (Lipinski definition) is 7. The van der Waals surface area contributed by atoms with Gasteiger partial charge in [0.1, 0.15) is 0 Å². The molecule has 1 N–H and O–H groups in total. The largest absolute Gasteiger partial charge is 0.359 e. The lowest BCUT2D eigenvalue weighted by molar-refractivity contribution is -0.327. The van der Waals surface area contributed by atoms with E-state index in [2.05, 4.69) is 19.2 Å². The van der Waals surface area contributed by atoms with Crippen LogP contribution in [0.15, 0.2) is 0 Å². The van der Waals surface area contributed by atoms with Crippen molar-refractivity contribution in [3.8, 4) is 0 Å². The lowest BCUT2D eigenvalue weighted by Crippen LogP contribution is -2.76. The van der Waals surface area contributed by atoms with Crippen LogP contribution >= 0.6 is 0 Å². The van der Waals surface area contributed by atoms with Gasteiger partial charge in [-0.15, -0.1) is 0 Å². The van der Waals surface area contributed by atoms with E-state index in [-0.39, 0.29) is 0 Å². The lowest BCUT2D eigenvalue weighted by Gasteiger charge is -2.52. The minimum Gasteiger partial charge on any atom is -0.359 e. The van der Waals surface area contributed by atoms with Crippen molar-refractivity contribution in [2.45, 2.75) is 62.8 Å². The van der Waals surface area contributed by atoms with Crippen molar-refractivity contribution in [3.63, 3.8) is 0 Å². The Morgan fingerprint density at radius 1 is 0.680 bits per heavy atom. The Balaban J connectivity index is 5.77. The Labute approximate surface area is 159 Å². The summed E-state index contributed by atoms with van der Waals surface area (Å²) >= 11 is 0. The molecule has 0 heterocycles. The molecule has 0 radical (unpaired) electrons. The van der Waals surface area contributed by atoms with Gasteiger partial charge in [0, 0.05) is 41.7 Å². The molecule has 4 atom stereocenters. The Morgan fingerprint density at radius 2 is 1.00 bits per heavy atom. The SMILES string of the molecule is CCCOC([SiH3])(OC)C(C)(NC(C)(OC)C([SiH3])(OC)OCCC)OC. The normalized spacial score (nSPS) is 22.1. The number of methoxy groups -OCH3 is 4. The van der Waals surface area contributed by atoms with Gasteiger partial charge in [-0.1, -0.05) is 13.8 Å². The third-order valence-electron chi connectivity index (χ3n) is 4.97. The molecule has 0 amide bonds. The van der Waals surface area contributed by atoms with Crippen LogP contribution in [0.1, 0.15) is 40.5 Å². The summed E-state index contributed by atoms with van der Waals surface area (Å²) in [6.45, 7) is 9.05. The molecule has 0 aromatic rings. The summed E-state index contributed by atoms with van der Waals surface area (Å²) in [5, 5.41) is 3.43. The number of hydrogen-bond donors (Lipinski definition) is 1. The Hall–Kier alpha value is 0.154. The van der Waals surface area contributed by atoms with Crippen molar-refractivity contribution >= 4 is 20.5 Å². The van der Waals surface area contributed by atoms with Gasteiger partial charge >= 0.3 is 0 Å². The fourth-order valence-electron chi connectivity index (χ4n) is 2.53. The van der Waals surface area contributed by atoms with E-state index in [4.69, 9.17) is 28.4 Å². The van der Waals surface area contributed by atoms with Crippen molar-refractivity contribution < 1.29 is 28.4 Å². The standard InChI is InChI=1S/C16H39NO6Si2/c1-9-11-22-15(24,20-7)13(3,18-5)17-14(4,19-6)16(25,21-8)23-12-10-2/h17H,9-12H2,1-8,24-25H3. The van der Waals surface area contributed by atoms with Gasteiger partial charge in [0.25, 0.3) is 0 Å². The Kier molecular flexibility index (Phi) is 10.5. The van der Waals surface area contributed by atoms with Gasteiger partial charge in [0.05, 0.1) is 20.5 Å². The zero-order valence-electron chi connectivity index (χ0n) is 17.8. The highest BCUT2D eigenvalue weighted by molar-refractivity contribution is 6.15. The fourth-order valence-corrected chi connectivity index (χ4v) is 3.60. The van der Waals surface area contributed by atoms with Crippen molar-refractivity contribution in [1.82, 2.24) is 5.32 Å². The first-order valence-electron chi connectivity index (χ1n) is 8.85. The predicted octanol–water partition coefficient (Wildman–Crippen LogP) is -0.514. The van der Waals surface area contributed by atoms with Crippen LogP contribution in [-0.4, -0.2) is 84.4 Å². The van der Waals surface area contributed by atoms with Gasteiger partial charge in [-0.2, -0.15) is 0 Å². The molecule has 152 valence electrons. The number of nitrogens with one attached hydrogen (secondary N) is 1. The summed E-state index contributed by atoms with van der Waals surface area (Å²) in [5.74, 6) is 0. The molecule has 0 bridgehead atoms. The average Bonchev–Trinajstić information content (AvgIpc) is 2.63. The lowest BCUT2D eigenvalue weighted by atomic mass is 10.1. The van der Waals surface area contributed by atoms with Crippen LogP contribution in [0.2, 0.25) is 0 Å². The third kappa shape index (κ3) is 5.57. The summed E-state index contributed by atoms with van der Waals surface area (Å²) < 4.78 is 35.2. The summed E-state index contributed by atoms with van der Waals surface area (Å²) in [6.07, 6.45) is 1.77. The highest BCUT2D eigenvalue weighted by Gasteiger charge is 2.56. The van der Waals surface area contributed by atoms with Crippen LogP contribution in [0.4, 0.5) is 0 Å². The van der Waals surface area contributed by atoms with Crippen LogP contribution in [-0.2, 0) is 28.4 Å². The number of rotatable bonds is 14. The molecule has 0 aliphatic carbocycles. The van der Waals surface area contributed by atoms with E-state index in [1.54, 1.807) is 28.4 Å². The van der Waals surface area contributed by atoms with Crippen molar-refractivity contribution in [3.05, 3.63) is 0 Å². The zero-order valence-corrected chi connectivity index (χ0v) is 21.8. The first-order valence-corrected chi connectivity index (χ1v) is 10.8. The van der Waals surface area contributed by atoms with Gasteiger partial charge in [-0.25, -0.2) is 0 Å². The minimum atomic E-state index is -0.961. The fraction of sp³-hybridized carbons (Fsp3) is 1.00. The molecule has 25 heavy (non-hydrogen) atoms. The molecule has 0 aliphatic rings. The zero-order chi connectivity index (χ0) is 19.8. The number of ether oxygens (including phenoxy) is 6.